The lowest BCUT2D eigenvalue weighted by atomic mass is 10.1. The van der Waals surface area contributed by atoms with Gasteiger partial charge in [-0.05, 0) is 43.6 Å². The van der Waals surface area contributed by atoms with Crippen LogP contribution in [0.4, 0.5) is 0 Å². The van der Waals surface area contributed by atoms with Crippen molar-refractivity contribution in [2.24, 2.45) is 11.7 Å². The lowest BCUT2D eigenvalue weighted by Gasteiger charge is -2.17. The normalized spacial score (nSPS) is 19.6. The average Bonchev–Trinajstić information content (AvgIpc) is 2.77. The SMILES string of the molecule is COc1ccc(Cl)cc1CN1CCC(CN)C1.Cl. The molecule has 0 amide bonds. The second-order valence-corrected chi connectivity index (χ2v) is 5.02. The molecule has 1 aromatic rings. The molecule has 18 heavy (non-hydrogen) atoms. The van der Waals surface area contributed by atoms with Crippen molar-refractivity contribution in [3.05, 3.63) is 28.8 Å². The Labute approximate surface area is 120 Å². The maximum absolute atomic E-state index is 6.02. The molecule has 102 valence electrons. The van der Waals surface area contributed by atoms with E-state index in [0.29, 0.717) is 5.92 Å². The predicted octanol–water partition coefficient (Wildman–Crippen LogP) is 2.55. The second kappa shape index (κ2) is 7.19. The molecule has 2 rings (SSSR count). The summed E-state index contributed by atoms with van der Waals surface area (Å²) in [6.07, 6.45) is 1.19. The first-order valence-corrected chi connectivity index (χ1v) is 6.35. The average molecular weight is 291 g/mol. The van der Waals surface area contributed by atoms with Crippen LogP contribution < -0.4 is 10.5 Å². The molecule has 0 aromatic heterocycles. The number of benzene rings is 1. The van der Waals surface area contributed by atoms with Crippen molar-refractivity contribution in [2.75, 3.05) is 26.7 Å². The van der Waals surface area contributed by atoms with Crippen LogP contribution in [-0.2, 0) is 6.54 Å². The summed E-state index contributed by atoms with van der Waals surface area (Å²) in [7, 11) is 1.69. The highest BCUT2D eigenvalue weighted by Crippen LogP contribution is 2.26. The van der Waals surface area contributed by atoms with Crippen LogP contribution in [-0.4, -0.2) is 31.6 Å². The zero-order chi connectivity index (χ0) is 12.3. The molecule has 1 aromatic carbocycles. The van der Waals surface area contributed by atoms with Gasteiger partial charge >= 0.3 is 0 Å². The third-order valence-corrected chi connectivity index (χ3v) is 3.57. The van der Waals surface area contributed by atoms with Crippen molar-refractivity contribution in [3.63, 3.8) is 0 Å². The molecule has 2 N–H and O–H groups in total. The fourth-order valence-electron chi connectivity index (χ4n) is 2.36. The number of ether oxygens (including phenoxy) is 1. The summed E-state index contributed by atoms with van der Waals surface area (Å²) in [5, 5.41) is 0.760. The summed E-state index contributed by atoms with van der Waals surface area (Å²) in [5.41, 5.74) is 6.85. The van der Waals surface area contributed by atoms with Gasteiger partial charge in [-0.2, -0.15) is 0 Å². The van der Waals surface area contributed by atoms with Gasteiger partial charge < -0.3 is 10.5 Å². The Hall–Kier alpha value is -0.480. The van der Waals surface area contributed by atoms with E-state index in [2.05, 4.69) is 4.90 Å². The molecule has 0 saturated carbocycles. The fraction of sp³-hybridized carbons (Fsp3) is 0.538. The number of hydrogen-bond donors (Lipinski definition) is 1. The maximum atomic E-state index is 6.02. The molecule has 1 aliphatic rings. The zero-order valence-electron chi connectivity index (χ0n) is 10.6. The first-order chi connectivity index (χ1) is 8.22. The minimum Gasteiger partial charge on any atom is -0.496 e. The van der Waals surface area contributed by atoms with E-state index in [0.717, 1.165) is 42.5 Å². The Morgan fingerprint density at radius 3 is 2.89 bits per heavy atom. The van der Waals surface area contributed by atoms with Crippen LogP contribution in [0.15, 0.2) is 18.2 Å². The largest absolute Gasteiger partial charge is 0.496 e. The molecule has 5 heteroatoms. The lowest BCUT2D eigenvalue weighted by molar-refractivity contribution is 0.309. The fourth-order valence-corrected chi connectivity index (χ4v) is 2.56. The molecule has 1 unspecified atom stereocenters. The van der Waals surface area contributed by atoms with Gasteiger partial charge in [0.2, 0.25) is 0 Å². The van der Waals surface area contributed by atoms with E-state index in [-0.39, 0.29) is 12.4 Å². The molecule has 1 heterocycles. The Bertz CT molecular complexity index is 387. The zero-order valence-corrected chi connectivity index (χ0v) is 12.1. The van der Waals surface area contributed by atoms with Crippen LogP contribution in [0.2, 0.25) is 5.02 Å². The minimum absolute atomic E-state index is 0. The van der Waals surface area contributed by atoms with Gasteiger partial charge in [0.25, 0.3) is 0 Å². The van der Waals surface area contributed by atoms with Crippen molar-refractivity contribution >= 4 is 24.0 Å². The maximum Gasteiger partial charge on any atom is 0.123 e. The Morgan fingerprint density at radius 1 is 1.50 bits per heavy atom. The topological polar surface area (TPSA) is 38.5 Å². The highest BCUT2D eigenvalue weighted by atomic mass is 35.5. The molecule has 1 fully saturated rings. The summed E-state index contributed by atoms with van der Waals surface area (Å²) in [6, 6.07) is 5.76. The monoisotopic (exact) mass is 290 g/mol. The molecule has 1 atom stereocenters. The van der Waals surface area contributed by atoms with Crippen molar-refractivity contribution < 1.29 is 4.74 Å². The second-order valence-electron chi connectivity index (χ2n) is 4.58. The van der Waals surface area contributed by atoms with Crippen molar-refractivity contribution in [1.82, 2.24) is 4.90 Å². The van der Waals surface area contributed by atoms with E-state index in [1.54, 1.807) is 7.11 Å². The summed E-state index contributed by atoms with van der Waals surface area (Å²) in [5.74, 6) is 1.55. The smallest absolute Gasteiger partial charge is 0.123 e. The molecular weight excluding hydrogens is 271 g/mol. The van der Waals surface area contributed by atoms with E-state index in [1.807, 2.05) is 18.2 Å². The van der Waals surface area contributed by atoms with Crippen LogP contribution >= 0.6 is 24.0 Å². The standard InChI is InChI=1S/C13H19ClN2O.ClH/c1-17-13-3-2-12(14)6-11(13)9-16-5-4-10(7-15)8-16;/h2-3,6,10H,4-5,7-9,15H2,1H3;1H. The van der Waals surface area contributed by atoms with E-state index in [1.165, 1.54) is 6.42 Å². The van der Waals surface area contributed by atoms with Crippen LogP contribution in [0, 0.1) is 5.92 Å². The van der Waals surface area contributed by atoms with Gasteiger partial charge in [0.15, 0.2) is 0 Å². The van der Waals surface area contributed by atoms with Crippen LogP contribution in [0.25, 0.3) is 0 Å². The highest BCUT2D eigenvalue weighted by molar-refractivity contribution is 6.30. The summed E-state index contributed by atoms with van der Waals surface area (Å²) >= 11 is 6.02. The number of halogens is 2. The van der Waals surface area contributed by atoms with Crippen molar-refractivity contribution in [1.29, 1.82) is 0 Å². The van der Waals surface area contributed by atoms with Gasteiger partial charge in [-0.1, -0.05) is 11.6 Å². The highest BCUT2D eigenvalue weighted by Gasteiger charge is 2.21. The first-order valence-electron chi connectivity index (χ1n) is 5.97. The Kier molecular flexibility index (Phi) is 6.22. The molecular formula is C13H20Cl2N2O. The van der Waals surface area contributed by atoms with E-state index in [4.69, 9.17) is 22.1 Å². The number of rotatable bonds is 4. The molecule has 1 saturated heterocycles. The van der Waals surface area contributed by atoms with Gasteiger partial charge in [-0.3, -0.25) is 4.90 Å². The molecule has 1 aliphatic heterocycles. The third kappa shape index (κ3) is 3.75. The molecule has 0 aliphatic carbocycles. The summed E-state index contributed by atoms with van der Waals surface area (Å²) in [4.78, 5) is 2.41. The summed E-state index contributed by atoms with van der Waals surface area (Å²) < 4.78 is 5.35. The van der Waals surface area contributed by atoms with E-state index < -0.39 is 0 Å². The molecule has 0 bridgehead atoms. The Balaban J connectivity index is 0.00000162. The number of likely N-dealkylation sites (tertiary alicyclic amines) is 1. The van der Waals surface area contributed by atoms with Crippen molar-refractivity contribution in [2.45, 2.75) is 13.0 Å². The minimum atomic E-state index is 0. The van der Waals surface area contributed by atoms with Gasteiger partial charge in [0.1, 0.15) is 5.75 Å². The number of hydrogen-bond acceptors (Lipinski definition) is 3. The van der Waals surface area contributed by atoms with Gasteiger partial charge in [-0.15, -0.1) is 12.4 Å². The van der Waals surface area contributed by atoms with Gasteiger partial charge in [0.05, 0.1) is 7.11 Å². The van der Waals surface area contributed by atoms with Gasteiger partial charge in [0, 0.05) is 23.7 Å². The van der Waals surface area contributed by atoms with Crippen molar-refractivity contribution in [3.8, 4) is 5.75 Å². The van der Waals surface area contributed by atoms with E-state index >= 15 is 0 Å². The molecule has 3 nitrogen and oxygen atoms in total. The molecule has 0 radical (unpaired) electrons. The quantitative estimate of drug-likeness (QED) is 0.926. The van der Waals surface area contributed by atoms with Crippen LogP contribution in [0.3, 0.4) is 0 Å². The molecule has 0 spiro atoms. The predicted molar refractivity (Wildman–Crippen MR) is 77.7 cm³/mol. The van der Waals surface area contributed by atoms with Crippen LogP contribution in [0.5, 0.6) is 5.75 Å². The first kappa shape index (κ1) is 15.6. The lowest BCUT2D eigenvalue weighted by Crippen LogP contribution is -2.23. The van der Waals surface area contributed by atoms with Gasteiger partial charge in [-0.25, -0.2) is 0 Å². The number of nitrogens with zero attached hydrogens (tertiary/aromatic N) is 1. The third-order valence-electron chi connectivity index (χ3n) is 3.34. The van der Waals surface area contributed by atoms with E-state index in [9.17, 15) is 0 Å². The summed E-state index contributed by atoms with van der Waals surface area (Å²) in [6.45, 7) is 3.85. The Morgan fingerprint density at radius 2 is 2.28 bits per heavy atom. The van der Waals surface area contributed by atoms with Crippen LogP contribution in [0.1, 0.15) is 12.0 Å². The number of methoxy groups -OCH3 is 1. The number of nitrogens with two attached hydrogens (primary N) is 1.